The Balaban J connectivity index is 0.00000121. The minimum Gasteiger partial charge on any atom is -1.00 e. The van der Waals surface area contributed by atoms with Gasteiger partial charge in [0.05, 0.1) is 0 Å². The van der Waals surface area contributed by atoms with Gasteiger partial charge in [-0.15, -0.1) is 0 Å². The van der Waals surface area contributed by atoms with E-state index >= 15 is 0 Å². The van der Waals surface area contributed by atoms with Gasteiger partial charge in [0.2, 0.25) is 0 Å². The van der Waals surface area contributed by atoms with Gasteiger partial charge in [-0.05, 0) is 19.4 Å². The Morgan fingerprint density at radius 3 is 1.83 bits per heavy atom. The summed E-state index contributed by atoms with van der Waals surface area (Å²) in [5.41, 5.74) is 2.65. The van der Waals surface area contributed by atoms with Crippen LogP contribution in [-0.2, 0) is 0 Å². The lowest BCUT2D eigenvalue weighted by molar-refractivity contribution is -0.582. The highest BCUT2D eigenvalue weighted by Crippen LogP contribution is 1.99. The summed E-state index contributed by atoms with van der Waals surface area (Å²) < 4.78 is 2.12. The molecule has 1 rings (SSSR count). The predicted molar refractivity (Wildman–Crippen MR) is 46.9 cm³/mol. The summed E-state index contributed by atoms with van der Waals surface area (Å²) in [6, 6.07) is 6.09. The minimum absolute atomic E-state index is 0. The van der Waals surface area contributed by atoms with Crippen LogP contribution in [0.1, 0.15) is 20.8 Å². The van der Waals surface area contributed by atoms with Gasteiger partial charge in [0, 0.05) is 19.1 Å². The first kappa shape index (κ1) is 11.2. The van der Waals surface area contributed by atoms with Crippen molar-refractivity contribution >= 4 is 5.70 Å². The second kappa shape index (κ2) is 4.94. The van der Waals surface area contributed by atoms with Gasteiger partial charge in [-0.2, -0.15) is 4.57 Å². The van der Waals surface area contributed by atoms with Crippen LogP contribution in [0, 0.1) is 0 Å². The number of nitrogens with zero attached hydrogens (tertiary/aromatic N) is 1. The summed E-state index contributed by atoms with van der Waals surface area (Å²) >= 11 is 0. The molecule has 1 heterocycles. The van der Waals surface area contributed by atoms with E-state index in [1.807, 2.05) is 18.2 Å². The molecule has 66 valence electrons. The molecule has 1 aromatic rings. The van der Waals surface area contributed by atoms with Crippen molar-refractivity contribution in [3.05, 3.63) is 36.2 Å². The zero-order valence-corrected chi connectivity index (χ0v) is 8.47. The molecule has 12 heavy (non-hydrogen) atoms. The van der Waals surface area contributed by atoms with Crippen LogP contribution in [0.2, 0.25) is 0 Å². The van der Waals surface area contributed by atoms with E-state index in [4.69, 9.17) is 0 Å². The Morgan fingerprint density at radius 2 is 1.42 bits per heavy atom. The SMILES string of the molecule is CC(C)=C(C)[n+]1ccccc1.[Cl-]. The van der Waals surface area contributed by atoms with Crippen LogP contribution < -0.4 is 17.0 Å². The number of allylic oxidation sites excluding steroid dienone is 2. The summed E-state index contributed by atoms with van der Waals surface area (Å²) in [7, 11) is 0. The molecule has 0 radical (unpaired) electrons. The molecule has 0 spiro atoms. The molecule has 0 aromatic carbocycles. The third kappa shape index (κ3) is 2.67. The first-order valence-corrected chi connectivity index (χ1v) is 3.82. The lowest BCUT2D eigenvalue weighted by atomic mass is 10.3. The molecule has 0 fully saturated rings. The normalized spacial score (nSPS) is 8.58. The number of hydrogen-bond acceptors (Lipinski definition) is 0. The molecule has 0 amide bonds. The molecule has 0 N–H and O–H groups in total. The molecule has 0 aliphatic carbocycles. The van der Waals surface area contributed by atoms with Crippen LogP contribution in [0.5, 0.6) is 0 Å². The topological polar surface area (TPSA) is 3.88 Å². The average Bonchev–Trinajstić information content (AvgIpc) is 2.05. The Bertz CT molecular complexity index is 260. The number of pyridine rings is 1. The van der Waals surface area contributed by atoms with E-state index in [9.17, 15) is 0 Å². The highest BCUT2D eigenvalue weighted by atomic mass is 35.5. The fourth-order valence-corrected chi connectivity index (χ4v) is 0.880. The average molecular weight is 184 g/mol. The van der Waals surface area contributed by atoms with E-state index in [2.05, 4.69) is 37.7 Å². The van der Waals surface area contributed by atoms with E-state index in [0.29, 0.717) is 0 Å². The first-order chi connectivity index (χ1) is 5.22. The second-order valence-corrected chi connectivity index (χ2v) is 2.87. The Kier molecular flexibility index (Phi) is 4.60. The van der Waals surface area contributed by atoms with E-state index in [-0.39, 0.29) is 12.4 Å². The Labute approximate surface area is 80.1 Å². The Morgan fingerprint density at radius 1 is 0.917 bits per heavy atom. The van der Waals surface area contributed by atoms with Crippen molar-refractivity contribution in [1.29, 1.82) is 0 Å². The van der Waals surface area contributed by atoms with Crippen LogP contribution in [0.4, 0.5) is 0 Å². The summed E-state index contributed by atoms with van der Waals surface area (Å²) in [6.07, 6.45) is 4.12. The van der Waals surface area contributed by atoms with Crippen molar-refractivity contribution in [2.75, 3.05) is 0 Å². The smallest absolute Gasteiger partial charge is 0.182 e. The molecule has 0 aliphatic heterocycles. The summed E-state index contributed by atoms with van der Waals surface area (Å²) in [4.78, 5) is 0. The quantitative estimate of drug-likeness (QED) is 0.505. The highest BCUT2D eigenvalue weighted by molar-refractivity contribution is 5.34. The lowest BCUT2D eigenvalue weighted by Crippen LogP contribution is -3.00. The van der Waals surface area contributed by atoms with E-state index in [0.717, 1.165) is 0 Å². The van der Waals surface area contributed by atoms with Crippen molar-refractivity contribution in [2.45, 2.75) is 20.8 Å². The molecule has 0 saturated carbocycles. The van der Waals surface area contributed by atoms with Gasteiger partial charge in [-0.3, -0.25) is 0 Å². The van der Waals surface area contributed by atoms with Crippen molar-refractivity contribution in [2.24, 2.45) is 0 Å². The van der Waals surface area contributed by atoms with Crippen LogP contribution >= 0.6 is 0 Å². The van der Waals surface area contributed by atoms with Gasteiger partial charge in [0.15, 0.2) is 18.1 Å². The standard InChI is InChI=1S/C10H14N.ClH/c1-9(2)10(3)11-7-5-4-6-8-11;/h4-8H,1-3H3;1H/q+1;/p-1. The maximum absolute atomic E-state index is 2.12. The molecule has 0 aliphatic rings. The van der Waals surface area contributed by atoms with Crippen molar-refractivity contribution in [1.82, 2.24) is 0 Å². The van der Waals surface area contributed by atoms with Crippen molar-refractivity contribution in [3.8, 4) is 0 Å². The van der Waals surface area contributed by atoms with E-state index in [1.54, 1.807) is 0 Å². The zero-order valence-electron chi connectivity index (χ0n) is 7.71. The molecular formula is C10H14ClN. The molecule has 0 bridgehead atoms. The van der Waals surface area contributed by atoms with Gasteiger partial charge in [-0.25, -0.2) is 0 Å². The fourth-order valence-electron chi connectivity index (χ4n) is 0.880. The summed E-state index contributed by atoms with van der Waals surface area (Å²) in [6.45, 7) is 6.36. The first-order valence-electron chi connectivity index (χ1n) is 3.82. The highest BCUT2D eigenvalue weighted by Gasteiger charge is 2.01. The third-order valence-corrected chi connectivity index (χ3v) is 1.83. The van der Waals surface area contributed by atoms with Crippen LogP contribution in [0.25, 0.3) is 5.70 Å². The maximum atomic E-state index is 2.12. The van der Waals surface area contributed by atoms with Crippen LogP contribution in [0.3, 0.4) is 0 Å². The number of halogens is 1. The third-order valence-electron chi connectivity index (χ3n) is 1.83. The lowest BCUT2D eigenvalue weighted by Gasteiger charge is -1.95. The number of hydrogen-bond donors (Lipinski definition) is 0. The fraction of sp³-hybridized carbons (Fsp3) is 0.300. The van der Waals surface area contributed by atoms with Gasteiger partial charge in [-0.1, -0.05) is 6.07 Å². The number of rotatable bonds is 1. The second-order valence-electron chi connectivity index (χ2n) is 2.87. The largest absolute Gasteiger partial charge is 1.00 e. The van der Waals surface area contributed by atoms with Crippen molar-refractivity contribution in [3.63, 3.8) is 0 Å². The summed E-state index contributed by atoms with van der Waals surface area (Å²) in [5.74, 6) is 0. The molecule has 0 saturated heterocycles. The Hall–Kier alpha value is -0.820. The molecule has 0 atom stereocenters. The van der Waals surface area contributed by atoms with Gasteiger partial charge in [0.25, 0.3) is 0 Å². The van der Waals surface area contributed by atoms with E-state index < -0.39 is 0 Å². The molecule has 0 unspecified atom stereocenters. The maximum Gasteiger partial charge on any atom is 0.182 e. The molecule has 1 nitrogen and oxygen atoms in total. The minimum atomic E-state index is 0. The molecular weight excluding hydrogens is 170 g/mol. The molecule has 2 heteroatoms. The van der Waals surface area contributed by atoms with Crippen LogP contribution in [0.15, 0.2) is 36.2 Å². The predicted octanol–water partition coefficient (Wildman–Crippen LogP) is -0.751. The number of aromatic nitrogens is 1. The van der Waals surface area contributed by atoms with E-state index in [1.165, 1.54) is 11.3 Å². The van der Waals surface area contributed by atoms with Gasteiger partial charge >= 0.3 is 0 Å². The zero-order chi connectivity index (χ0) is 8.27. The monoisotopic (exact) mass is 183 g/mol. The van der Waals surface area contributed by atoms with Crippen LogP contribution in [-0.4, -0.2) is 0 Å². The molecule has 1 aromatic heterocycles. The van der Waals surface area contributed by atoms with Crippen molar-refractivity contribution < 1.29 is 17.0 Å². The van der Waals surface area contributed by atoms with Gasteiger partial charge in [0.1, 0.15) is 0 Å². The van der Waals surface area contributed by atoms with Gasteiger partial charge < -0.3 is 12.4 Å². The summed E-state index contributed by atoms with van der Waals surface area (Å²) in [5, 5.41) is 0.